The lowest BCUT2D eigenvalue weighted by molar-refractivity contribution is 0.326. The molecule has 0 fully saturated rings. The van der Waals surface area contributed by atoms with E-state index in [1.807, 2.05) is 25.1 Å². The highest BCUT2D eigenvalue weighted by molar-refractivity contribution is 5.79. The topological polar surface area (TPSA) is 76.4 Å². The maximum atomic E-state index is 5.44. The standard InChI is InChI=1S/C21H28N6O/c1-4-28-20-14-17(10-12-23-20)15-25-21(22-3)24-11-7-13-27-16(2)26-18-8-5-6-9-19(18)27/h5-6,8-10,12,14H,4,7,11,13,15H2,1-3H3,(H2,22,24,25). The Morgan fingerprint density at radius 2 is 2.07 bits per heavy atom. The van der Waals surface area contributed by atoms with Crippen LogP contribution in [0, 0.1) is 6.92 Å². The van der Waals surface area contributed by atoms with E-state index in [4.69, 9.17) is 4.74 Å². The number of rotatable bonds is 8. The monoisotopic (exact) mass is 380 g/mol. The van der Waals surface area contributed by atoms with Crippen molar-refractivity contribution in [1.82, 2.24) is 25.2 Å². The van der Waals surface area contributed by atoms with Crippen molar-refractivity contribution < 1.29 is 4.74 Å². The summed E-state index contributed by atoms with van der Waals surface area (Å²) in [7, 11) is 1.78. The number of guanidine groups is 1. The van der Waals surface area contributed by atoms with E-state index in [1.165, 1.54) is 5.52 Å². The number of benzene rings is 1. The van der Waals surface area contributed by atoms with E-state index in [0.717, 1.165) is 42.4 Å². The van der Waals surface area contributed by atoms with E-state index < -0.39 is 0 Å². The third-order valence-corrected chi connectivity index (χ3v) is 4.47. The average molecular weight is 380 g/mol. The van der Waals surface area contributed by atoms with E-state index >= 15 is 0 Å². The van der Waals surface area contributed by atoms with E-state index in [1.54, 1.807) is 13.2 Å². The molecule has 0 atom stereocenters. The highest BCUT2D eigenvalue weighted by Gasteiger charge is 2.06. The zero-order valence-corrected chi connectivity index (χ0v) is 16.8. The molecule has 0 unspecified atom stereocenters. The molecule has 2 aromatic heterocycles. The molecule has 3 aromatic rings. The number of para-hydroxylation sites is 2. The Balaban J connectivity index is 1.47. The SMILES string of the molecule is CCOc1cc(CNC(=NC)NCCCn2c(C)nc3ccccc32)ccn1. The van der Waals surface area contributed by atoms with Gasteiger partial charge in [0.2, 0.25) is 5.88 Å². The number of ether oxygens (including phenoxy) is 1. The molecule has 3 rings (SSSR count). The first kappa shape index (κ1) is 19.7. The van der Waals surface area contributed by atoms with Gasteiger partial charge in [-0.15, -0.1) is 0 Å². The summed E-state index contributed by atoms with van der Waals surface area (Å²) in [4.78, 5) is 13.1. The van der Waals surface area contributed by atoms with Crippen LogP contribution < -0.4 is 15.4 Å². The molecule has 0 aliphatic carbocycles. The molecule has 0 spiro atoms. The van der Waals surface area contributed by atoms with Crippen LogP contribution in [-0.2, 0) is 13.1 Å². The molecule has 2 N–H and O–H groups in total. The van der Waals surface area contributed by atoms with Gasteiger partial charge in [-0.2, -0.15) is 0 Å². The number of hydrogen-bond donors (Lipinski definition) is 2. The molecule has 0 bridgehead atoms. The molecule has 0 aliphatic heterocycles. The fraction of sp³-hybridized carbons (Fsp3) is 0.381. The lowest BCUT2D eigenvalue weighted by atomic mass is 10.2. The number of aryl methyl sites for hydroxylation is 2. The van der Waals surface area contributed by atoms with Crippen molar-refractivity contribution >= 4 is 17.0 Å². The van der Waals surface area contributed by atoms with E-state index in [-0.39, 0.29) is 0 Å². The second-order valence-electron chi connectivity index (χ2n) is 6.44. The van der Waals surface area contributed by atoms with Gasteiger partial charge in [-0.3, -0.25) is 4.99 Å². The Labute approximate surface area is 165 Å². The van der Waals surface area contributed by atoms with Crippen LogP contribution >= 0.6 is 0 Å². The van der Waals surface area contributed by atoms with Gasteiger partial charge in [-0.05, 0) is 44.0 Å². The summed E-state index contributed by atoms with van der Waals surface area (Å²) in [5, 5.41) is 6.69. The molecule has 0 saturated heterocycles. The summed E-state index contributed by atoms with van der Waals surface area (Å²) in [6, 6.07) is 12.2. The Bertz CT molecular complexity index is 934. The maximum absolute atomic E-state index is 5.44. The highest BCUT2D eigenvalue weighted by Crippen LogP contribution is 2.15. The minimum absolute atomic E-state index is 0.610. The van der Waals surface area contributed by atoms with Crippen LogP contribution in [0.3, 0.4) is 0 Å². The summed E-state index contributed by atoms with van der Waals surface area (Å²) in [6.07, 6.45) is 2.74. The number of aliphatic imine (C=N–C) groups is 1. The zero-order chi connectivity index (χ0) is 19.8. The van der Waals surface area contributed by atoms with Crippen molar-refractivity contribution in [1.29, 1.82) is 0 Å². The summed E-state index contributed by atoms with van der Waals surface area (Å²) < 4.78 is 7.71. The first-order valence-electron chi connectivity index (χ1n) is 9.65. The van der Waals surface area contributed by atoms with Crippen molar-refractivity contribution in [3.8, 4) is 5.88 Å². The fourth-order valence-electron chi connectivity index (χ4n) is 3.12. The second kappa shape index (κ2) is 9.73. The first-order valence-corrected chi connectivity index (χ1v) is 9.65. The fourth-order valence-corrected chi connectivity index (χ4v) is 3.12. The molecule has 0 saturated carbocycles. The number of pyridine rings is 1. The summed E-state index contributed by atoms with van der Waals surface area (Å²) in [5.41, 5.74) is 3.33. The van der Waals surface area contributed by atoms with Crippen LogP contribution in [-0.4, -0.2) is 40.7 Å². The number of nitrogens with one attached hydrogen (secondary N) is 2. The normalized spacial score (nSPS) is 11.6. The Kier molecular flexibility index (Phi) is 6.84. The van der Waals surface area contributed by atoms with Crippen LogP contribution in [0.1, 0.15) is 24.7 Å². The molecular weight excluding hydrogens is 352 g/mol. The van der Waals surface area contributed by atoms with Gasteiger partial charge in [0.25, 0.3) is 0 Å². The first-order chi connectivity index (χ1) is 13.7. The lowest BCUT2D eigenvalue weighted by Crippen LogP contribution is -2.37. The number of aromatic nitrogens is 3. The van der Waals surface area contributed by atoms with Gasteiger partial charge in [0.1, 0.15) is 5.82 Å². The van der Waals surface area contributed by atoms with Crippen LogP contribution in [0.2, 0.25) is 0 Å². The Morgan fingerprint density at radius 3 is 2.89 bits per heavy atom. The number of hydrogen-bond acceptors (Lipinski definition) is 4. The molecule has 0 amide bonds. The van der Waals surface area contributed by atoms with E-state index in [2.05, 4.69) is 55.3 Å². The number of imidazole rings is 1. The van der Waals surface area contributed by atoms with Gasteiger partial charge in [-0.1, -0.05) is 12.1 Å². The number of nitrogens with zero attached hydrogens (tertiary/aromatic N) is 4. The number of fused-ring (bicyclic) bond motifs is 1. The van der Waals surface area contributed by atoms with Crippen molar-refractivity contribution in [2.75, 3.05) is 20.2 Å². The molecule has 2 heterocycles. The van der Waals surface area contributed by atoms with Crippen LogP contribution in [0.4, 0.5) is 0 Å². The van der Waals surface area contributed by atoms with Crippen LogP contribution in [0.15, 0.2) is 47.6 Å². The van der Waals surface area contributed by atoms with Gasteiger partial charge >= 0.3 is 0 Å². The van der Waals surface area contributed by atoms with Crippen LogP contribution in [0.5, 0.6) is 5.88 Å². The molecule has 7 heteroatoms. The minimum atomic E-state index is 0.610. The minimum Gasteiger partial charge on any atom is -0.478 e. The van der Waals surface area contributed by atoms with Gasteiger partial charge in [0, 0.05) is 38.9 Å². The van der Waals surface area contributed by atoms with E-state index in [0.29, 0.717) is 19.0 Å². The highest BCUT2D eigenvalue weighted by atomic mass is 16.5. The van der Waals surface area contributed by atoms with Crippen molar-refractivity contribution in [2.45, 2.75) is 33.4 Å². The predicted octanol–water partition coefficient (Wildman–Crippen LogP) is 2.89. The lowest BCUT2D eigenvalue weighted by Gasteiger charge is -2.13. The summed E-state index contributed by atoms with van der Waals surface area (Å²) in [5.74, 6) is 2.47. The molecule has 148 valence electrons. The maximum Gasteiger partial charge on any atom is 0.213 e. The molecule has 1 aromatic carbocycles. The second-order valence-corrected chi connectivity index (χ2v) is 6.44. The molecular formula is C21H28N6O. The molecule has 7 nitrogen and oxygen atoms in total. The Hall–Kier alpha value is -3.09. The third-order valence-electron chi connectivity index (χ3n) is 4.47. The van der Waals surface area contributed by atoms with Gasteiger partial charge in [0.15, 0.2) is 5.96 Å². The Morgan fingerprint density at radius 1 is 1.21 bits per heavy atom. The van der Waals surface area contributed by atoms with Crippen molar-refractivity contribution in [3.05, 3.63) is 54.0 Å². The van der Waals surface area contributed by atoms with Gasteiger partial charge < -0.3 is 19.9 Å². The zero-order valence-electron chi connectivity index (χ0n) is 16.8. The van der Waals surface area contributed by atoms with Crippen molar-refractivity contribution in [3.63, 3.8) is 0 Å². The average Bonchev–Trinajstić information content (AvgIpc) is 3.03. The smallest absolute Gasteiger partial charge is 0.213 e. The van der Waals surface area contributed by atoms with Gasteiger partial charge in [0.05, 0.1) is 17.6 Å². The molecule has 28 heavy (non-hydrogen) atoms. The summed E-state index contributed by atoms with van der Waals surface area (Å²) >= 11 is 0. The van der Waals surface area contributed by atoms with Gasteiger partial charge in [-0.25, -0.2) is 9.97 Å². The van der Waals surface area contributed by atoms with Crippen LogP contribution in [0.25, 0.3) is 11.0 Å². The predicted molar refractivity (Wildman–Crippen MR) is 113 cm³/mol. The molecule has 0 radical (unpaired) electrons. The molecule has 0 aliphatic rings. The quantitative estimate of drug-likeness (QED) is 0.357. The largest absolute Gasteiger partial charge is 0.478 e. The van der Waals surface area contributed by atoms with E-state index in [9.17, 15) is 0 Å². The van der Waals surface area contributed by atoms with Crippen molar-refractivity contribution in [2.24, 2.45) is 4.99 Å². The third kappa shape index (κ3) is 5.00. The summed E-state index contributed by atoms with van der Waals surface area (Å²) in [6.45, 7) is 7.02.